The van der Waals surface area contributed by atoms with Crippen LogP contribution in [0.1, 0.15) is 0 Å². The summed E-state index contributed by atoms with van der Waals surface area (Å²) in [4.78, 5) is 14.6. The predicted molar refractivity (Wildman–Crippen MR) is 134 cm³/mol. The lowest BCUT2D eigenvalue weighted by molar-refractivity contribution is 0.457. The third-order valence-electron chi connectivity index (χ3n) is 5.73. The van der Waals surface area contributed by atoms with Gasteiger partial charge in [-0.05, 0) is 18.2 Å². The highest BCUT2D eigenvalue weighted by Crippen LogP contribution is 2.37. The van der Waals surface area contributed by atoms with Crippen LogP contribution in [0.5, 0.6) is 5.75 Å². The summed E-state index contributed by atoms with van der Waals surface area (Å²) >= 11 is 0. The summed E-state index contributed by atoms with van der Waals surface area (Å²) in [5, 5.41) is 11.2. The monoisotopic (exact) mass is 441 g/mol. The topological polar surface area (TPSA) is 73.1 Å². The third-order valence-corrected chi connectivity index (χ3v) is 5.73. The molecule has 0 aliphatic rings. The minimum atomic E-state index is 0.504. The Hall–Kier alpha value is -4.49. The Morgan fingerprint density at radius 3 is 1.85 bits per heavy atom. The van der Waals surface area contributed by atoms with Gasteiger partial charge in [0.15, 0.2) is 11.6 Å². The first-order chi connectivity index (χ1) is 16.8. The summed E-state index contributed by atoms with van der Waals surface area (Å²) in [5.41, 5.74) is 3.60. The van der Waals surface area contributed by atoms with E-state index >= 15 is 0 Å². The van der Waals surface area contributed by atoms with Gasteiger partial charge in [-0.2, -0.15) is 9.97 Å². The number of aromatic nitrogens is 4. The molecule has 0 unspecified atom stereocenters. The first kappa shape index (κ1) is 20.1. The van der Waals surface area contributed by atoms with E-state index in [0.717, 1.165) is 32.9 Å². The van der Waals surface area contributed by atoms with Crippen molar-refractivity contribution in [1.29, 1.82) is 0 Å². The van der Waals surface area contributed by atoms with Gasteiger partial charge in [0.2, 0.25) is 5.95 Å². The second-order valence-corrected chi connectivity index (χ2v) is 7.74. The van der Waals surface area contributed by atoms with Crippen LogP contribution in [0, 0.1) is 0 Å². The Balaban J connectivity index is 1.69. The largest absolute Gasteiger partial charge is 0.569 e. The fourth-order valence-electron chi connectivity index (χ4n) is 4.25. The summed E-state index contributed by atoms with van der Waals surface area (Å²) in [6.45, 7) is 0. The number of nitrogens with zero attached hydrogens (tertiary/aromatic N) is 4. The van der Waals surface area contributed by atoms with Gasteiger partial charge in [-0.25, -0.2) is 4.98 Å². The molecular weight excluding hydrogens is 423 g/mol. The third kappa shape index (κ3) is 3.39. The molecule has 4 aromatic carbocycles. The van der Waals surface area contributed by atoms with Gasteiger partial charge < -0.3 is 9.68 Å². The summed E-state index contributed by atoms with van der Waals surface area (Å²) in [7, 11) is 0.699. The number of benzene rings is 4. The lowest BCUT2D eigenvalue weighted by Crippen LogP contribution is -2.06. The van der Waals surface area contributed by atoms with Crippen molar-refractivity contribution in [3.8, 4) is 34.5 Å². The van der Waals surface area contributed by atoms with Crippen molar-refractivity contribution >= 4 is 29.5 Å². The van der Waals surface area contributed by atoms with E-state index in [1.807, 2.05) is 108 Å². The van der Waals surface area contributed by atoms with Crippen LogP contribution in [-0.2, 0) is 0 Å². The minimum Gasteiger partial charge on any atom is -0.537 e. The molecule has 161 valence electrons. The molecule has 0 spiro atoms. The smallest absolute Gasteiger partial charge is 0.537 e. The maximum atomic E-state index is 9.31. The Kier molecular flexibility index (Phi) is 5.01. The first-order valence-corrected chi connectivity index (χ1v) is 10.9. The molecule has 34 heavy (non-hydrogen) atoms. The van der Waals surface area contributed by atoms with Crippen molar-refractivity contribution in [2.45, 2.75) is 0 Å². The molecule has 6 rings (SSSR count). The van der Waals surface area contributed by atoms with Crippen LogP contribution in [0.15, 0.2) is 103 Å². The van der Waals surface area contributed by atoms with Crippen molar-refractivity contribution in [3.05, 3.63) is 103 Å². The molecule has 7 heteroatoms. The average Bonchev–Trinajstić information content (AvgIpc) is 3.25. The van der Waals surface area contributed by atoms with Gasteiger partial charge in [0.1, 0.15) is 5.75 Å². The minimum absolute atomic E-state index is 0.504. The summed E-state index contributed by atoms with van der Waals surface area (Å²) in [6, 6.07) is 33.5. The molecule has 0 saturated carbocycles. The molecule has 2 aromatic heterocycles. The van der Waals surface area contributed by atoms with Gasteiger partial charge in [-0.1, -0.05) is 84.9 Å². The van der Waals surface area contributed by atoms with Crippen LogP contribution in [0.25, 0.3) is 50.5 Å². The molecule has 1 radical (unpaired) electrons. The maximum Gasteiger partial charge on any atom is 0.569 e. The van der Waals surface area contributed by atoms with E-state index in [1.165, 1.54) is 0 Å². The zero-order valence-corrected chi connectivity index (χ0v) is 18.0. The average molecular weight is 441 g/mol. The van der Waals surface area contributed by atoms with Crippen LogP contribution >= 0.6 is 0 Å². The number of fused-ring (bicyclic) bond motifs is 3. The predicted octanol–water partition coefficient (Wildman–Crippen LogP) is 5.21. The van der Waals surface area contributed by atoms with Gasteiger partial charge >= 0.3 is 7.69 Å². The number of hydrogen-bond donors (Lipinski definition) is 1. The second kappa shape index (κ2) is 8.46. The molecule has 1 N–H and O–H groups in total. The molecular formula is C27H18BN4O2. The molecule has 6 nitrogen and oxygen atoms in total. The van der Waals surface area contributed by atoms with Crippen molar-refractivity contribution in [3.63, 3.8) is 0 Å². The molecule has 2 heterocycles. The summed E-state index contributed by atoms with van der Waals surface area (Å²) in [6.07, 6.45) is 0. The van der Waals surface area contributed by atoms with Crippen LogP contribution in [0.3, 0.4) is 0 Å². The van der Waals surface area contributed by atoms with E-state index in [0.29, 0.717) is 31.0 Å². The Bertz CT molecular complexity index is 1560. The van der Waals surface area contributed by atoms with Crippen molar-refractivity contribution in [1.82, 2.24) is 19.5 Å². The summed E-state index contributed by atoms with van der Waals surface area (Å²) in [5.74, 6) is 2.23. The van der Waals surface area contributed by atoms with Crippen molar-refractivity contribution in [2.75, 3.05) is 0 Å². The van der Waals surface area contributed by atoms with E-state index in [9.17, 15) is 5.02 Å². The zero-order chi connectivity index (χ0) is 22.9. The van der Waals surface area contributed by atoms with Crippen LogP contribution in [-0.4, -0.2) is 32.2 Å². The highest BCUT2D eigenvalue weighted by atomic mass is 16.5. The first-order valence-electron chi connectivity index (χ1n) is 10.9. The number of rotatable bonds is 5. The molecule has 6 aromatic rings. The molecule has 0 aliphatic carbocycles. The van der Waals surface area contributed by atoms with Crippen molar-refractivity contribution < 1.29 is 9.68 Å². The standard InChI is InChI=1S/C27H18BN4O2/c33-28-34-23-17-9-16-22-24(23)20-14-7-8-15-21(20)32(22)27-30-25(18-10-3-1-4-11-18)29-26(31-27)19-12-5-2-6-13-19/h1-17,33H. The van der Waals surface area contributed by atoms with E-state index in [-0.39, 0.29) is 0 Å². The molecule has 0 fully saturated rings. The lowest BCUT2D eigenvalue weighted by atomic mass is 10.1. The van der Waals surface area contributed by atoms with E-state index in [2.05, 4.69) is 0 Å². The molecule has 0 atom stereocenters. The van der Waals surface area contributed by atoms with Crippen LogP contribution in [0.2, 0.25) is 0 Å². The van der Waals surface area contributed by atoms with Crippen LogP contribution < -0.4 is 4.65 Å². The Labute approximate surface area is 196 Å². The molecule has 0 amide bonds. The maximum absolute atomic E-state index is 9.31. The fraction of sp³-hybridized carbons (Fsp3) is 0. The van der Waals surface area contributed by atoms with Gasteiger partial charge in [0.25, 0.3) is 0 Å². The van der Waals surface area contributed by atoms with E-state index < -0.39 is 0 Å². The lowest BCUT2D eigenvalue weighted by Gasteiger charge is -2.11. The highest BCUT2D eigenvalue weighted by molar-refractivity contribution is 6.20. The quantitative estimate of drug-likeness (QED) is 0.372. The Morgan fingerprint density at radius 1 is 0.618 bits per heavy atom. The zero-order valence-electron chi connectivity index (χ0n) is 18.0. The normalized spacial score (nSPS) is 11.1. The molecule has 0 aliphatic heterocycles. The molecule has 0 saturated heterocycles. The number of hydrogen-bond acceptors (Lipinski definition) is 5. The van der Waals surface area contributed by atoms with E-state index in [4.69, 9.17) is 19.6 Å². The van der Waals surface area contributed by atoms with E-state index in [1.54, 1.807) is 0 Å². The van der Waals surface area contributed by atoms with Gasteiger partial charge in [-0.3, -0.25) is 4.57 Å². The van der Waals surface area contributed by atoms with Gasteiger partial charge in [0, 0.05) is 21.9 Å². The molecule has 0 bridgehead atoms. The SMILES string of the molecule is O[B]Oc1cccc2c1c1ccccc1n2-c1nc(-c2ccccc2)nc(-c2ccccc2)n1. The fourth-order valence-corrected chi connectivity index (χ4v) is 4.25. The highest BCUT2D eigenvalue weighted by Gasteiger charge is 2.19. The number of para-hydroxylation sites is 1. The Morgan fingerprint density at radius 2 is 1.21 bits per heavy atom. The van der Waals surface area contributed by atoms with Gasteiger partial charge in [-0.15, -0.1) is 0 Å². The van der Waals surface area contributed by atoms with Crippen molar-refractivity contribution in [2.24, 2.45) is 0 Å². The second-order valence-electron chi connectivity index (χ2n) is 7.74. The van der Waals surface area contributed by atoms with Crippen LogP contribution in [0.4, 0.5) is 0 Å². The van der Waals surface area contributed by atoms with Gasteiger partial charge in [0.05, 0.1) is 11.0 Å². The summed E-state index contributed by atoms with van der Waals surface area (Å²) < 4.78 is 7.44.